The van der Waals surface area contributed by atoms with Crippen LogP contribution in [0, 0.1) is 0 Å². The van der Waals surface area contributed by atoms with Crippen molar-refractivity contribution in [3.8, 4) is 5.75 Å². The highest BCUT2D eigenvalue weighted by atomic mass is 79.9. The minimum atomic E-state index is 0.409. The molecule has 4 nitrogen and oxygen atoms in total. The van der Waals surface area contributed by atoms with E-state index >= 15 is 0 Å². The molecule has 1 heterocycles. The molecule has 130 valence electrons. The van der Waals surface area contributed by atoms with Crippen LogP contribution in [0.25, 0.3) is 0 Å². The van der Waals surface area contributed by atoms with Crippen molar-refractivity contribution < 1.29 is 4.74 Å². The van der Waals surface area contributed by atoms with Crippen molar-refractivity contribution in [1.82, 2.24) is 14.8 Å². The van der Waals surface area contributed by atoms with Gasteiger partial charge in [-0.1, -0.05) is 58.9 Å². The third kappa shape index (κ3) is 4.86. The van der Waals surface area contributed by atoms with Gasteiger partial charge in [-0.15, -0.1) is 10.2 Å². The van der Waals surface area contributed by atoms with E-state index in [0.29, 0.717) is 6.61 Å². The molecule has 0 bridgehead atoms. The summed E-state index contributed by atoms with van der Waals surface area (Å²) in [6.45, 7) is 2.55. The van der Waals surface area contributed by atoms with E-state index in [2.05, 4.69) is 57.3 Å². The molecule has 0 aliphatic heterocycles. The standard InChI is InChI=1S/C19H20BrN3OS/c1-3-14-7-9-17(10-8-14)24-12-18-21-22-19(23(18)2)25-13-15-5-4-6-16(20)11-15/h4-11H,3,12-13H2,1-2H3. The van der Waals surface area contributed by atoms with Crippen LogP contribution < -0.4 is 4.74 Å². The van der Waals surface area contributed by atoms with Gasteiger partial charge in [-0.3, -0.25) is 0 Å². The topological polar surface area (TPSA) is 39.9 Å². The Morgan fingerprint density at radius 1 is 1.08 bits per heavy atom. The highest BCUT2D eigenvalue weighted by Crippen LogP contribution is 2.23. The number of aromatic nitrogens is 3. The zero-order valence-corrected chi connectivity index (χ0v) is 16.7. The average Bonchev–Trinajstić information content (AvgIpc) is 2.98. The second-order valence-corrected chi connectivity index (χ2v) is 7.52. The molecule has 0 aliphatic rings. The van der Waals surface area contributed by atoms with Crippen molar-refractivity contribution in [2.24, 2.45) is 7.05 Å². The maximum Gasteiger partial charge on any atom is 0.191 e. The van der Waals surface area contributed by atoms with Gasteiger partial charge < -0.3 is 9.30 Å². The molecule has 3 rings (SSSR count). The van der Waals surface area contributed by atoms with Crippen molar-refractivity contribution in [2.45, 2.75) is 30.9 Å². The fourth-order valence-electron chi connectivity index (χ4n) is 2.34. The van der Waals surface area contributed by atoms with Gasteiger partial charge in [0.25, 0.3) is 0 Å². The predicted octanol–water partition coefficient (Wildman–Crippen LogP) is 5.01. The maximum absolute atomic E-state index is 5.83. The molecule has 0 atom stereocenters. The first-order chi connectivity index (χ1) is 12.2. The van der Waals surface area contributed by atoms with Crippen molar-refractivity contribution in [3.05, 3.63) is 70.0 Å². The Morgan fingerprint density at radius 2 is 1.88 bits per heavy atom. The molecular weight excluding hydrogens is 398 g/mol. The van der Waals surface area contributed by atoms with Gasteiger partial charge in [-0.25, -0.2) is 0 Å². The summed E-state index contributed by atoms with van der Waals surface area (Å²) >= 11 is 5.17. The number of benzene rings is 2. The molecular formula is C19H20BrN3OS. The van der Waals surface area contributed by atoms with Gasteiger partial charge in [0.15, 0.2) is 11.0 Å². The van der Waals surface area contributed by atoms with Crippen LogP contribution in [-0.2, 0) is 25.8 Å². The molecule has 3 aromatic rings. The van der Waals surface area contributed by atoms with Gasteiger partial charge in [-0.05, 0) is 41.8 Å². The van der Waals surface area contributed by atoms with Crippen LogP contribution in [0.15, 0.2) is 58.2 Å². The molecule has 0 N–H and O–H groups in total. The van der Waals surface area contributed by atoms with Crippen LogP contribution in [-0.4, -0.2) is 14.8 Å². The third-order valence-electron chi connectivity index (χ3n) is 3.88. The number of rotatable bonds is 7. The predicted molar refractivity (Wildman–Crippen MR) is 105 cm³/mol. The third-order valence-corrected chi connectivity index (χ3v) is 5.47. The molecule has 2 aromatic carbocycles. The summed E-state index contributed by atoms with van der Waals surface area (Å²) in [6.07, 6.45) is 1.03. The lowest BCUT2D eigenvalue weighted by Crippen LogP contribution is -2.04. The number of ether oxygens (including phenoxy) is 1. The second kappa shape index (κ2) is 8.54. The first kappa shape index (κ1) is 18.0. The molecule has 6 heteroatoms. The molecule has 0 spiro atoms. The molecule has 0 saturated heterocycles. The lowest BCUT2D eigenvalue weighted by molar-refractivity contribution is 0.290. The van der Waals surface area contributed by atoms with Crippen LogP contribution in [0.2, 0.25) is 0 Å². The summed E-state index contributed by atoms with van der Waals surface area (Å²) in [7, 11) is 1.97. The van der Waals surface area contributed by atoms with Crippen molar-refractivity contribution in [3.63, 3.8) is 0 Å². The summed E-state index contributed by atoms with van der Waals surface area (Å²) in [5.74, 6) is 2.52. The minimum absolute atomic E-state index is 0.409. The Balaban J connectivity index is 1.58. The second-order valence-electron chi connectivity index (χ2n) is 5.66. The molecule has 0 aliphatic carbocycles. The van der Waals surface area contributed by atoms with Crippen LogP contribution >= 0.6 is 27.7 Å². The number of thioether (sulfide) groups is 1. The van der Waals surface area contributed by atoms with Gasteiger partial charge in [0.1, 0.15) is 12.4 Å². The summed E-state index contributed by atoms with van der Waals surface area (Å²) in [5.41, 5.74) is 2.55. The van der Waals surface area contributed by atoms with Gasteiger partial charge in [0.2, 0.25) is 0 Å². The minimum Gasteiger partial charge on any atom is -0.486 e. The fourth-order valence-corrected chi connectivity index (χ4v) is 3.66. The highest BCUT2D eigenvalue weighted by molar-refractivity contribution is 9.10. The lowest BCUT2D eigenvalue weighted by Gasteiger charge is -2.07. The molecule has 0 amide bonds. The number of halogens is 1. The molecule has 25 heavy (non-hydrogen) atoms. The summed E-state index contributed by atoms with van der Waals surface area (Å²) in [6, 6.07) is 16.5. The first-order valence-electron chi connectivity index (χ1n) is 8.13. The molecule has 0 radical (unpaired) electrons. The van der Waals surface area contributed by atoms with Gasteiger partial charge in [-0.2, -0.15) is 0 Å². The molecule has 1 aromatic heterocycles. The van der Waals surface area contributed by atoms with E-state index in [-0.39, 0.29) is 0 Å². The van der Waals surface area contributed by atoms with Crippen LogP contribution in [0.5, 0.6) is 5.75 Å². The van der Waals surface area contributed by atoms with E-state index in [1.54, 1.807) is 11.8 Å². The van der Waals surface area contributed by atoms with Gasteiger partial charge in [0.05, 0.1) is 0 Å². The zero-order chi connectivity index (χ0) is 17.6. The quantitative estimate of drug-likeness (QED) is 0.506. The lowest BCUT2D eigenvalue weighted by atomic mass is 10.2. The average molecular weight is 418 g/mol. The normalized spacial score (nSPS) is 10.8. The Hall–Kier alpha value is -1.79. The van der Waals surface area contributed by atoms with E-state index < -0.39 is 0 Å². The number of aryl methyl sites for hydroxylation is 1. The van der Waals surface area contributed by atoms with Crippen molar-refractivity contribution >= 4 is 27.7 Å². The summed E-state index contributed by atoms with van der Waals surface area (Å²) in [4.78, 5) is 0. The Kier molecular flexibility index (Phi) is 6.15. The first-order valence-corrected chi connectivity index (χ1v) is 9.91. The number of hydrogen-bond donors (Lipinski definition) is 0. The van der Waals surface area contributed by atoms with Crippen LogP contribution in [0.4, 0.5) is 0 Å². The Morgan fingerprint density at radius 3 is 2.60 bits per heavy atom. The van der Waals surface area contributed by atoms with E-state index in [1.165, 1.54) is 11.1 Å². The smallest absolute Gasteiger partial charge is 0.191 e. The molecule has 0 unspecified atom stereocenters. The summed E-state index contributed by atoms with van der Waals surface area (Å²) < 4.78 is 8.90. The van der Waals surface area contributed by atoms with E-state index in [4.69, 9.17) is 4.74 Å². The largest absolute Gasteiger partial charge is 0.486 e. The van der Waals surface area contributed by atoms with Gasteiger partial charge >= 0.3 is 0 Å². The SMILES string of the molecule is CCc1ccc(OCc2nnc(SCc3cccc(Br)c3)n2C)cc1. The van der Waals surface area contributed by atoms with Crippen molar-refractivity contribution in [1.29, 1.82) is 0 Å². The van der Waals surface area contributed by atoms with E-state index in [9.17, 15) is 0 Å². The maximum atomic E-state index is 5.83. The number of nitrogens with zero attached hydrogens (tertiary/aromatic N) is 3. The van der Waals surface area contributed by atoms with Crippen molar-refractivity contribution in [2.75, 3.05) is 0 Å². The fraction of sp³-hybridized carbons (Fsp3) is 0.263. The summed E-state index contributed by atoms with van der Waals surface area (Å²) in [5, 5.41) is 9.42. The Bertz CT molecular complexity index is 833. The molecule has 0 saturated carbocycles. The monoisotopic (exact) mass is 417 g/mol. The number of hydrogen-bond acceptors (Lipinski definition) is 4. The zero-order valence-electron chi connectivity index (χ0n) is 14.3. The van der Waals surface area contributed by atoms with Crippen LogP contribution in [0.1, 0.15) is 23.9 Å². The van der Waals surface area contributed by atoms with Gasteiger partial charge in [0, 0.05) is 17.3 Å². The highest BCUT2D eigenvalue weighted by Gasteiger charge is 2.10. The molecule has 0 fully saturated rings. The van der Waals surface area contributed by atoms with E-state index in [1.807, 2.05) is 35.9 Å². The van der Waals surface area contributed by atoms with E-state index in [0.717, 1.165) is 33.4 Å². The van der Waals surface area contributed by atoms with Crippen LogP contribution in [0.3, 0.4) is 0 Å². The Labute approximate surface area is 160 Å².